The summed E-state index contributed by atoms with van der Waals surface area (Å²) in [5.41, 5.74) is 9.44. The van der Waals surface area contributed by atoms with Crippen molar-refractivity contribution in [3.63, 3.8) is 0 Å². The standard InChI is InChI=1S/C24H35N5O/c1-19(2)30-23-11-9-22(10-12-23)27-24(25)26-17-20-5-7-21(8-6-20)18-29-14-4-13-28(3)15-16-29/h5-12,19H,4,13-18H2,1-3H3,(H3,25,26,27). The van der Waals surface area contributed by atoms with Gasteiger partial charge in [-0.05, 0) is 75.8 Å². The molecule has 1 fully saturated rings. The Morgan fingerprint density at radius 1 is 1.00 bits per heavy atom. The van der Waals surface area contributed by atoms with Gasteiger partial charge in [-0.3, -0.25) is 4.90 Å². The molecule has 3 N–H and O–H groups in total. The topological polar surface area (TPSA) is 66.1 Å². The van der Waals surface area contributed by atoms with Gasteiger partial charge < -0.3 is 20.7 Å². The van der Waals surface area contributed by atoms with Gasteiger partial charge >= 0.3 is 0 Å². The third kappa shape index (κ3) is 7.35. The van der Waals surface area contributed by atoms with E-state index in [-0.39, 0.29) is 6.10 Å². The molecule has 1 aliphatic heterocycles. The highest BCUT2D eigenvalue weighted by Crippen LogP contribution is 2.17. The van der Waals surface area contributed by atoms with Crippen LogP contribution in [0, 0.1) is 0 Å². The van der Waals surface area contributed by atoms with Gasteiger partial charge in [0.1, 0.15) is 5.75 Å². The summed E-state index contributed by atoms with van der Waals surface area (Å²) < 4.78 is 5.65. The molecule has 0 amide bonds. The zero-order valence-corrected chi connectivity index (χ0v) is 18.5. The number of likely N-dealkylation sites (N-methyl/N-ethyl adjacent to an activating group) is 1. The fraction of sp³-hybridized carbons (Fsp3) is 0.458. The van der Waals surface area contributed by atoms with Crippen molar-refractivity contribution in [2.45, 2.75) is 39.5 Å². The molecule has 0 spiro atoms. The first-order chi connectivity index (χ1) is 14.5. The van der Waals surface area contributed by atoms with E-state index in [1.807, 2.05) is 38.1 Å². The number of benzene rings is 2. The lowest BCUT2D eigenvalue weighted by molar-refractivity contribution is 0.242. The summed E-state index contributed by atoms with van der Waals surface area (Å²) in [5.74, 6) is 1.25. The first-order valence-corrected chi connectivity index (χ1v) is 10.8. The monoisotopic (exact) mass is 409 g/mol. The van der Waals surface area contributed by atoms with Crippen LogP contribution in [0.3, 0.4) is 0 Å². The molecule has 30 heavy (non-hydrogen) atoms. The Hall–Kier alpha value is -2.57. The molecule has 0 aromatic heterocycles. The van der Waals surface area contributed by atoms with Gasteiger partial charge in [0, 0.05) is 25.3 Å². The molecule has 2 aromatic carbocycles. The second kappa shape index (κ2) is 11.0. The van der Waals surface area contributed by atoms with Gasteiger partial charge in [-0.25, -0.2) is 4.99 Å². The average Bonchev–Trinajstić information content (AvgIpc) is 2.93. The van der Waals surface area contributed by atoms with Crippen molar-refractivity contribution in [3.8, 4) is 5.75 Å². The number of ether oxygens (including phenoxy) is 1. The number of hydrogen-bond acceptors (Lipinski definition) is 4. The Kier molecular flexibility index (Phi) is 8.11. The van der Waals surface area contributed by atoms with Crippen LogP contribution in [0.4, 0.5) is 5.69 Å². The minimum atomic E-state index is 0.160. The van der Waals surface area contributed by atoms with Crippen molar-refractivity contribution in [2.24, 2.45) is 10.7 Å². The molecular weight excluding hydrogens is 374 g/mol. The molecule has 1 heterocycles. The zero-order chi connectivity index (χ0) is 21.3. The molecule has 162 valence electrons. The number of nitrogens with one attached hydrogen (secondary N) is 1. The molecule has 0 aliphatic carbocycles. The highest BCUT2D eigenvalue weighted by molar-refractivity contribution is 5.92. The van der Waals surface area contributed by atoms with E-state index >= 15 is 0 Å². The quantitative estimate of drug-likeness (QED) is 0.541. The molecule has 1 aliphatic rings. The summed E-state index contributed by atoms with van der Waals surface area (Å²) in [6.45, 7) is 10.2. The van der Waals surface area contributed by atoms with E-state index < -0.39 is 0 Å². The maximum atomic E-state index is 6.05. The minimum Gasteiger partial charge on any atom is -0.491 e. The summed E-state index contributed by atoms with van der Waals surface area (Å²) in [5, 5.41) is 3.13. The van der Waals surface area contributed by atoms with E-state index in [4.69, 9.17) is 10.5 Å². The summed E-state index contributed by atoms with van der Waals surface area (Å²) in [7, 11) is 2.20. The highest BCUT2D eigenvalue weighted by Gasteiger charge is 2.12. The predicted octanol–water partition coefficient (Wildman–Crippen LogP) is 3.54. The number of guanidine groups is 1. The van der Waals surface area contributed by atoms with Crippen LogP contribution >= 0.6 is 0 Å². The molecule has 3 rings (SSSR count). The van der Waals surface area contributed by atoms with E-state index in [9.17, 15) is 0 Å². The SMILES string of the molecule is CC(C)Oc1ccc(NC(N)=NCc2ccc(CN3CCCN(C)CC3)cc2)cc1. The van der Waals surface area contributed by atoms with Crippen LogP contribution in [0.5, 0.6) is 5.75 Å². The maximum Gasteiger partial charge on any atom is 0.193 e. The molecule has 0 radical (unpaired) electrons. The van der Waals surface area contributed by atoms with E-state index in [1.165, 1.54) is 25.1 Å². The number of nitrogens with zero attached hydrogens (tertiary/aromatic N) is 3. The number of hydrogen-bond donors (Lipinski definition) is 2. The molecule has 2 aromatic rings. The van der Waals surface area contributed by atoms with Crippen LogP contribution in [-0.4, -0.2) is 55.1 Å². The van der Waals surface area contributed by atoms with Crippen molar-refractivity contribution in [3.05, 3.63) is 59.7 Å². The van der Waals surface area contributed by atoms with Crippen molar-refractivity contribution in [1.82, 2.24) is 9.80 Å². The molecule has 6 heteroatoms. The summed E-state index contributed by atoms with van der Waals surface area (Å²) in [6, 6.07) is 16.4. The average molecular weight is 410 g/mol. The lowest BCUT2D eigenvalue weighted by Crippen LogP contribution is -2.28. The Bertz CT molecular complexity index is 801. The Balaban J connectivity index is 1.48. The fourth-order valence-electron chi connectivity index (χ4n) is 3.52. The lowest BCUT2D eigenvalue weighted by Gasteiger charge is -2.20. The summed E-state index contributed by atoms with van der Waals surface area (Å²) >= 11 is 0. The van der Waals surface area contributed by atoms with Gasteiger partial charge in [0.2, 0.25) is 0 Å². The van der Waals surface area contributed by atoms with Crippen molar-refractivity contribution >= 4 is 11.6 Å². The summed E-state index contributed by atoms with van der Waals surface area (Å²) in [6.07, 6.45) is 1.40. The van der Waals surface area contributed by atoms with Gasteiger partial charge in [-0.2, -0.15) is 0 Å². The molecule has 0 atom stereocenters. The molecule has 0 unspecified atom stereocenters. The molecule has 0 saturated carbocycles. The minimum absolute atomic E-state index is 0.160. The number of nitrogens with two attached hydrogens (primary N) is 1. The smallest absolute Gasteiger partial charge is 0.193 e. The predicted molar refractivity (Wildman–Crippen MR) is 125 cm³/mol. The second-order valence-electron chi connectivity index (χ2n) is 8.27. The van der Waals surface area contributed by atoms with E-state index in [1.54, 1.807) is 0 Å². The van der Waals surface area contributed by atoms with E-state index in [2.05, 4.69) is 51.4 Å². The second-order valence-corrected chi connectivity index (χ2v) is 8.27. The third-order valence-corrected chi connectivity index (χ3v) is 5.17. The van der Waals surface area contributed by atoms with Gasteiger partial charge in [0.15, 0.2) is 5.96 Å². The van der Waals surface area contributed by atoms with Gasteiger partial charge in [-0.15, -0.1) is 0 Å². The number of rotatable bonds is 7. The largest absolute Gasteiger partial charge is 0.491 e. The highest BCUT2D eigenvalue weighted by atomic mass is 16.5. The normalized spacial score (nSPS) is 16.5. The van der Waals surface area contributed by atoms with Gasteiger partial charge in [-0.1, -0.05) is 24.3 Å². The van der Waals surface area contributed by atoms with Crippen LogP contribution < -0.4 is 15.8 Å². The molecule has 1 saturated heterocycles. The summed E-state index contributed by atoms with van der Waals surface area (Å²) in [4.78, 5) is 9.41. The fourth-order valence-corrected chi connectivity index (χ4v) is 3.52. The Labute approximate surface area is 180 Å². The molecular formula is C24H35N5O. The van der Waals surface area contributed by atoms with Crippen LogP contribution in [0.15, 0.2) is 53.5 Å². The molecule has 6 nitrogen and oxygen atoms in total. The van der Waals surface area contributed by atoms with Crippen LogP contribution in [0.2, 0.25) is 0 Å². The van der Waals surface area contributed by atoms with Crippen molar-refractivity contribution < 1.29 is 4.74 Å². The number of aliphatic imine (C=N–C) groups is 1. The maximum absolute atomic E-state index is 6.05. The lowest BCUT2D eigenvalue weighted by atomic mass is 10.1. The van der Waals surface area contributed by atoms with Crippen LogP contribution in [0.25, 0.3) is 0 Å². The number of anilines is 1. The van der Waals surface area contributed by atoms with Crippen molar-refractivity contribution in [2.75, 3.05) is 38.5 Å². The van der Waals surface area contributed by atoms with Gasteiger partial charge in [0.05, 0.1) is 12.6 Å². The third-order valence-electron chi connectivity index (χ3n) is 5.17. The van der Waals surface area contributed by atoms with Crippen molar-refractivity contribution in [1.29, 1.82) is 0 Å². The Morgan fingerprint density at radius 2 is 1.70 bits per heavy atom. The van der Waals surface area contributed by atoms with Crippen LogP contribution in [0.1, 0.15) is 31.4 Å². The first-order valence-electron chi connectivity index (χ1n) is 10.8. The van der Waals surface area contributed by atoms with E-state index in [0.29, 0.717) is 12.5 Å². The molecule has 0 bridgehead atoms. The zero-order valence-electron chi connectivity index (χ0n) is 18.5. The van der Waals surface area contributed by atoms with E-state index in [0.717, 1.165) is 36.6 Å². The van der Waals surface area contributed by atoms with Crippen LogP contribution in [-0.2, 0) is 13.1 Å². The van der Waals surface area contributed by atoms with Gasteiger partial charge in [0.25, 0.3) is 0 Å². The first kappa shape index (κ1) is 22.1. The Morgan fingerprint density at radius 3 is 2.40 bits per heavy atom.